The van der Waals surface area contributed by atoms with Gasteiger partial charge in [0.2, 0.25) is 0 Å². The first-order chi connectivity index (χ1) is 12.7. The molecule has 1 saturated heterocycles. The maximum absolute atomic E-state index is 6.27. The van der Waals surface area contributed by atoms with Crippen molar-refractivity contribution in [3.8, 4) is 5.82 Å². The fourth-order valence-electron chi connectivity index (χ4n) is 3.15. The van der Waals surface area contributed by atoms with Gasteiger partial charge in [-0.25, -0.2) is 4.68 Å². The van der Waals surface area contributed by atoms with E-state index in [0.717, 1.165) is 55.1 Å². The molecule has 0 N–H and O–H groups in total. The fourth-order valence-corrected chi connectivity index (χ4v) is 3.35. The highest BCUT2D eigenvalue weighted by molar-refractivity contribution is 6.31. The molecule has 134 valence electrons. The Bertz CT molecular complexity index is 868. The average Bonchev–Trinajstić information content (AvgIpc) is 3.11. The Balaban J connectivity index is 1.36. The summed E-state index contributed by atoms with van der Waals surface area (Å²) in [7, 11) is 0. The van der Waals surface area contributed by atoms with Crippen molar-refractivity contribution < 1.29 is 0 Å². The molecule has 1 aliphatic rings. The quantitative estimate of drug-likeness (QED) is 0.708. The highest BCUT2D eigenvalue weighted by atomic mass is 35.5. The van der Waals surface area contributed by atoms with Crippen LogP contribution in [0.25, 0.3) is 5.82 Å². The van der Waals surface area contributed by atoms with Crippen molar-refractivity contribution in [3.05, 3.63) is 64.9 Å². The number of piperazine rings is 1. The van der Waals surface area contributed by atoms with E-state index < -0.39 is 0 Å². The van der Waals surface area contributed by atoms with Gasteiger partial charge >= 0.3 is 0 Å². The van der Waals surface area contributed by atoms with Crippen molar-refractivity contribution in [2.24, 2.45) is 0 Å². The predicted molar refractivity (Wildman–Crippen MR) is 103 cm³/mol. The highest BCUT2D eigenvalue weighted by Crippen LogP contribution is 2.19. The third kappa shape index (κ3) is 3.71. The van der Waals surface area contributed by atoms with Crippen LogP contribution in [0.5, 0.6) is 0 Å². The molecule has 7 heteroatoms. The summed E-state index contributed by atoms with van der Waals surface area (Å²) in [6, 6.07) is 14.0. The molecule has 0 radical (unpaired) electrons. The van der Waals surface area contributed by atoms with Crippen LogP contribution in [0.3, 0.4) is 0 Å². The van der Waals surface area contributed by atoms with E-state index in [2.05, 4.69) is 31.2 Å². The summed E-state index contributed by atoms with van der Waals surface area (Å²) in [4.78, 5) is 4.69. The lowest BCUT2D eigenvalue weighted by atomic mass is 10.2. The summed E-state index contributed by atoms with van der Waals surface area (Å²) >= 11 is 6.27. The van der Waals surface area contributed by atoms with Gasteiger partial charge in [-0.2, -0.15) is 5.10 Å². The molecule has 0 bridgehead atoms. The van der Waals surface area contributed by atoms with E-state index in [0.29, 0.717) is 0 Å². The molecular weight excluding hydrogens is 348 g/mol. The van der Waals surface area contributed by atoms with E-state index in [9.17, 15) is 0 Å². The van der Waals surface area contributed by atoms with E-state index in [-0.39, 0.29) is 0 Å². The lowest BCUT2D eigenvalue weighted by Crippen LogP contribution is -2.46. The molecule has 0 amide bonds. The van der Waals surface area contributed by atoms with Gasteiger partial charge in [-0.1, -0.05) is 29.8 Å². The van der Waals surface area contributed by atoms with Gasteiger partial charge in [0, 0.05) is 43.9 Å². The van der Waals surface area contributed by atoms with Gasteiger partial charge < -0.3 is 4.90 Å². The number of rotatable bonds is 4. The molecule has 0 aliphatic carbocycles. The molecule has 0 atom stereocenters. The van der Waals surface area contributed by atoms with Crippen LogP contribution in [0.4, 0.5) is 5.82 Å². The van der Waals surface area contributed by atoms with Gasteiger partial charge in [-0.05, 0) is 36.8 Å². The molecule has 1 aliphatic heterocycles. The molecule has 0 saturated carbocycles. The maximum atomic E-state index is 6.27. The van der Waals surface area contributed by atoms with Crippen LogP contribution in [-0.2, 0) is 6.54 Å². The number of hydrogen-bond acceptors (Lipinski definition) is 5. The minimum absolute atomic E-state index is 0.735. The summed E-state index contributed by atoms with van der Waals surface area (Å²) in [5.41, 5.74) is 2.15. The predicted octanol–water partition coefficient (Wildman–Crippen LogP) is 2.95. The van der Waals surface area contributed by atoms with Crippen LogP contribution in [-0.4, -0.2) is 51.1 Å². The van der Waals surface area contributed by atoms with E-state index in [1.54, 1.807) is 4.68 Å². The molecular formula is C19H21ClN6. The first kappa shape index (κ1) is 17.0. The number of aryl methyl sites for hydroxylation is 1. The normalized spacial score (nSPS) is 15.4. The van der Waals surface area contributed by atoms with E-state index >= 15 is 0 Å². The second-order valence-electron chi connectivity index (χ2n) is 6.51. The average molecular weight is 369 g/mol. The molecule has 26 heavy (non-hydrogen) atoms. The zero-order valence-corrected chi connectivity index (χ0v) is 15.5. The van der Waals surface area contributed by atoms with E-state index in [1.165, 1.54) is 5.56 Å². The van der Waals surface area contributed by atoms with Gasteiger partial charge in [-0.3, -0.25) is 4.90 Å². The van der Waals surface area contributed by atoms with Crippen LogP contribution in [0.2, 0.25) is 5.02 Å². The number of aromatic nitrogens is 4. The Morgan fingerprint density at radius 1 is 0.923 bits per heavy atom. The molecule has 0 spiro atoms. The fraction of sp³-hybridized carbons (Fsp3) is 0.316. The zero-order chi connectivity index (χ0) is 17.9. The van der Waals surface area contributed by atoms with Crippen LogP contribution in [0.15, 0.2) is 48.7 Å². The number of hydrogen-bond donors (Lipinski definition) is 0. The SMILES string of the molecule is Cc1ccn(-c2ccc(N3CCN(Cc4ccccc4Cl)CC3)nn2)n1. The van der Waals surface area contributed by atoms with Gasteiger partial charge in [-0.15, -0.1) is 10.2 Å². The van der Waals surface area contributed by atoms with E-state index in [1.807, 2.05) is 49.5 Å². The van der Waals surface area contributed by atoms with Crippen LogP contribution >= 0.6 is 11.6 Å². The van der Waals surface area contributed by atoms with Crippen molar-refractivity contribution in [3.63, 3.8) is 0 Å². The smallest absolute Gasteiger partial charge is 0.175 e. The molecule has 4 rings (SSSR count). The first-order valence-electron chi connectivity index (χ1n) is 8.76. The van der Waals surface area contributed by atoms with Crippen molar-refractivity contribution >= 4 is 17.4 Å². The Labute approximate surface area is 158 Å². The Morgan fingerprint density at radius 2 is 1.65 bits per heavy atom. The summed E-state index contributed by atoms with van der Waals surface area (Å²) in [5, 5.41) is 13.9. The van der Waals surface area contributed by atoms with Gasteiger partial charge in [0.1, 0.15) is 0 Å². The highest BCUT2D eigenvalue weighted by Gasteiger charge is 2.19. The van der Waals surface area contributed by atoms with Crippen LogP contribution in [0.1, 0.15) is 11.3 Å². The lowest BCUT2D eigenvalue weighted by molar-refractivity contribution is 0.249. The van der Waals surface area contributed by atoms with Crippen LogP contribution in [0, 0.1) is 6.92 Å². The number of benzene rings is 1. The Morgan fingerprint density at radius 3 is 2.31 bits per heavy atom. The molecule has 3 heterocycles. The van der Waals surface area contributed by atoms with Gasteiger partial charge in [0.25, 0.3) is 0 Å². The molecule has 3 aromatic rings. The number of halogens is 1. The monoisotopic (exact) mass is 368 g/mol. The van der Waals surface area contributed by atoms with Crippen molar-refractivity contribution in [2.45, 2.75) is 13.5 Å². The number of nitrogens with zero attached hydrogens (tertiary/aromatic N) is 6. The minimum atomic E-state index is 0.735. The standard InChI is InChI=1S/C19H21ClN6/c1-15-8-9-26(23-15)19-7-6-18(21-22-19)25-12-10-24(11-13-25)14-16-4-2-3-5-17(16)20/h2-9H,10-14H2,1H3. The largest absolute Gasteiger partial charge is 0.353 e. The van der Waals surface area contributed by atoms with Crippen molar-refractivity contribution in [1.29, 1.82) is 0 Å². The van der Waals surface area contributed by atoms with Crippen molar-refractivity contribution in [2.75, 3.05) is 31.1 Å². The van der Waals surface area contributed by atoms with Gasteiger partial charge in [0.15, 0.2) is 11.6 Å². The topological polar surface area (TPSA) is 50.1 Å². The summed E-state index contributed by atoms with van der Waals surface area (Å²) < 4.78 is 1.74. The molecule has 2 aromatic heterocycles. The maximum Gasteiger partial charge on any atom is 0.175 e. The second-order valence-corrected chi connectivity index (χ2v) is 6.91. The summed E-state index contributed by atoms with van der Waals surface area (Å²) in [5.74, 6) is 1.65. The minimum Gasteiger partial charge on any atom is -0.353 e. The Hall–Kier alpha value is -2.44. The molecule has 0 unspecified atom stereocenters. The van der Waals surface area contributed by atoms with E-state index in [4.69, 9.17) is 11.6 Å². The van der Waals surface area contributed by atoms with Gasteiger partial charge in [0.05, 0.1) is 5.69 Å². The molecule has 1 aromatic carbocycles. The molecule has 6 nitrogen and oxygen atoms in total. The number of anilines is 1. The third-order valence-electron chi connectivity index (χ3n) is 4.64. The second kappa shape index (κ2) is 7.43. The lowest BCUT2D eigenvalue weighted by Gasteiger charge is -2.35. The zero-order valence-electron chi connectivity index (χ0n) is 14.7. The first-order valence-corrected chi connectivity index (χ1v) is 9.14. The summed E-state index contributed by atoms with van der Waals surface area (Å²) in [6.07, 6.45) is 1.90. The van der Waals surface area contributed by atoms with Crippen LogP contribution < -0.4 is 4.90 Å². The van der Waals surface area contributed by atoms with Crippen molar-refractivity contribution in [1.82, 2.24) is 24.9 Å². The third-order valence-corrected chi connectivity index (χ3v) is 5.01. The molecule has 1 fully saturated rings. The summed E-state index contributed by atoms with van der Waals surface area (Å²) in [6.45, 7) is 6.66. The Kier molecular flexibility index (Phi) is 4.86.